The van der Waals surface area contributed by atoms with Crippen LogP contribution in [0.25, 0.3) is 10.9 Å². The molecule has 9 heteroatoms. The lowest BCUT2D eigenvalue weighted by atomic mass is 10.1. The Kier molecular flexibility index (Phi) is 8.31. The van der Waals surface area contributed by atoms with Crippen LogP contribution in [0.2, 0.25) is 0 Å². The Morgan fingerprint density at radius 2 is 2.10 bits per heavy atom. The molecule has 0 fully saturated rings. The van der Waals surface area contributed by atoms with Crippen LogP contribution in [0.3, 0.4) is 0 Å². The van der Waals surface area contributed by atoms with Gasteiger partial charge < -0.3 is 9.62 Å². The summed E-state index contributed by atoms with van der Waals surface area (Å²) in [5.41, 5.74) is 3.52. The van der Waals surface area contributed by atoms with Crippen LogP contribution in [0.1, 0.15) is 22.5 Å². The van der Waals surface area contributed by atoms with Crippen molar-refractivity contribution in [1.82, 2.24) is 8.87 Å². The molecule has 2 aromatic rings. The number of allylic oxidation sites excluding steroid dienone is 1. The molecule has 0 atom stereocenters. The molecule has 2 rings (SSSR count). The van der Waals surface area contributed by atoms with Gasteiger partial charge in [0.05, 0.1) is 12.2 Å². The van der Waals surface area contributed by atoms with Gasteiger partial charge >= 0.3 is 0 Å². The number of nitrogens with zero attached hydrogens (tertiary/aromatic N) is 3. The molecule has 0 spiro atoms. The van der Waals surface area contributed by atoms with Crippen LogP contribution in [0.15, 0.2) is 30.0 Å². The first-order valence-corrected chi connectivity index (χ1v) is 14.9. The quantitative estimate of drug-likeness (QED) is 0.189. The van der Waals surface area contributed by atoms with Gasteiger partial charge in [0.1, 0.15) is 17.3 Å². The smallest absolute Gasteiger partial charge is 0.222 e. The lowest BCUT2D eigenvalue weighted by Crippen LogP contribution is -2.13. The van der Waals surface area contributed by atoms with Crippen molar-refractivity contribution >= 4 is 62.9 Å². The van der Waals surface area contributed by atoms with E-state index in [1.807, 2.05) is 35.2 Å². The predicted octanol–water partition coefficient (Wildman–Crippen LogP) is 5.70. The molecule has 1 aromatic carbocycles. The monoisotopic (exact) mass is 548 g/mol. The molecular weight excluding hydrogens is 522 g/mol. The Morgan fingerprint density at radius 1 is 1.41 bits per heavy atom. The van der Waals surface area contributed by atoms with E-state index in [-0.39, 0.29) is 18.0 Å². The minimum Gasteiger partial charge on any atom is -0.382 e. The number of fused-ring (bicyclic) bond motifs is 1. The Morgan fingerprint density at radius 3 is 2.66 bits per heavy atom. The normalized spacial score (nSPS) is 12.7. The van der Waals surface area contributed by atoms with Crippen LogP contribution in [-0.4, -0.2) is 53.7 Å². The molecule has 158 valence electrons. The van der Waals surface area contributed by atoms with Crippen LogP contribution < -0.4 is 4.72 Å². The number of carbonyl (C=O) groups is 1. The zero-order chi connectivity index (χ0) is 21.8. The predicted molar refractivity (Wildman–Crippen MR) is 134 cm³/mol. The fraction of sp³-hybridized carbons (Fsp3) is 0.400. The Bertz CT molecular complexity index is 979. The van der Waals surface area contributed by atoms with Gasteiger partial charge in [-0.3, -0.25) is 13.2 Å². The summed E-state index contributed by atoms with van der Waals surface area (Å²) in [5.74, 6) is 0.496. The summed E-state index contributed by atoms with van der Waals surface area (Å²) in [7, 11) is 3.78. The highest BCUT2D eigenvalue weighted by molar-refractivity contribution is 14.2. The third-order valence-electron chi connectivity index (χ3n) is 4.33. The highest BCUT2D eigenvalue weighted by Crippen LogP contribution is 2.43. The number of rotatable bonds is 9. The zero-order valence-electron chi connectivity index (χ0n) is 17.3. The summed E-state index contributed by atoms with van der Waals surface area (Å²) in [5, 5.41) is 10.4. The molecule has 0 bridgehead atoms. The van der Waals surface area contributed by atoms with Crippen LogP contribution in [0.4, 0.5) is 10.1 Å². The number of aromatic nitrogens is 1. The number of benzene rings is 1. The van der Waals surface area contributed by atoms with E-state index >= 15 is 0 Å². The number of hydrogen-bond donors (Lipinski definition) is 1. The van der Waals surface area contributed by atoms with E-state index in [4.69, 9.17) is 0 Å². The first-order valence-electron chi connectivity index (χ1n) is 8.96. The average Bonchev–Trinajstić information content (AvgIpc) is 3.01. The van der Waals surface area contributed by atoms with Crippen molar-refractivity contribution in [3.8, 4) is 6.07 Å². The Labute approximate surface area is 189 Å². The van der Waals surface area contributed by atoms with Crippen molar-refractivity contribution in [1.29, 1.82) is 5.26 Å². The van der Waals surface area contributed by atoms with Crippen LogP contribution in [0, 0.1) is 18.3 Å². The van der Waals surface area contributed by atoms with Gasteiger partial charge in [-0.2, -0.15) is 15.5 Å². The molecule has 0 radical (unpaired) electrons. The van der Waals surface area contributed by atoms with Crippen molar-refractivity contribution in [2.24, 2.45) is 0 Å². The first-order chi connectivity index (χ1) is 13.6. The summed E-state index contributed by atoms with van der Waals surface area (Å²) < 4.78 is 18.1. The topological polar surface area (TPSA) is 61.1 Å². The summed E-state index contributed by atoms with van der Waals surface area (Å²) in [6.07, 6.45) is 6.36. The maximum atomic E-state index is 13.0. The number of aryl methyl sites for hydroxylation is 1. The number of ketones is 1. The van der Waals surface area contributed by atoms with E-state index < -0.39 is 10.2 Å². The summed E-state index contributed by atoms with van der Waals surface area (Å²) >= 11 is 2.14. The maximum absolute atomic E-state index is 13.0. The standard InChI is InChI=1S/C20H26FIN4OS2/c1-14-9-15-10-19(20(27)16(12-23)13-25(2)3)26(28-22)18(15)11-17(14)24-29(4,5)8-6-7-21/h9-11,13,24H,6-8H2,1-5H3/b16-13+. The molecule has 1 heterocycles. The van der Waals surface area contributed by atoms with Crippen molar-refractivity contribution in [2.75, 3.05) is 43.8 Å². The molecule has 0 aliphatic heterocycles. The zero-order valence-corrected chi connectivity index (χ0v) is 21.0. The molecule has 1 aromatic heterocycles. The number of nitriles is 1. The number of carbonyl (C=O) groups excluding carboxylic acids is 1. The van der Waals surface area contributed by atoms with E-state index in [1.165, 1.54) is 15.3 Å². The molecule has 0 amide bonds. The molecule has 0 unspecified atom stereocenters. The number of hydrogen-bond acceptors (Lipinski definition) is 5. The summed E-state index contributed by atoms with van der Waals surface area (Å²) in [6, 6.07) is 7.93. The molecule has 0 saturated heterocycles. The fourth-order valence-corrected chi connectivity index (χ4v) is 6.45. The second-order valence-corrected chi connectivity index (χ2v) is 12.8. The van der Waals surface area contributed by atoms with E-state index in [0.717, 1.165) is 27.9 Å². The highest BCUT2D eigenvalue weighted by atomic mass is 127. The van der Waals surface area contributed by atoms with Gasteiger partial charge in [-0.05, 0) is 55.4 Å². The van der Waals surface area contributed by atoms with Gasteiger partial charge in [-0.25, -0.2) is 0 Å². The lowest BCUT2D eigenvalue weighted by Gasteiger charge is -2.34. The second-order valence-electron chi connectivity index (χ2n) is 7.45. The minimum absolute atomic E-state index is 0.0939. The first kappa shape index (κ1) is 23.9. The van der Waals surface area contributed by atoms with Crippen molar-refractivity contribution in [3.63, 3.8) is 0 Å². The Hall–Kier alpha value is -1.38. The third-order valence-corrected chi connectivity index (χ3v) is 8.13. The van der Waals surface area contributed by atoms with E-state index in [9.17, 15) is 14.4 Å². The Balaban J connectivity index is 2.53. The molecule has 5 nitrogen and oxygen atoms in total. The van der Waals surface area contributed by atoms with Gasteiger partial charge in [-0.1, -0.05) is 0 Å². The lowest BCUT2D eigenvalue weighted by molar-refractivity contribution is 0.103. The highest BCUT2D eigenvalue weighted by Gasteiger charge is 2.21. The molecule has 1 N–H and O–H groups in total. The van der Waals surface area contributed by atoms with Gasteiger partial charge in [0, 0.05) is 61.7 Å². The van der Waals surface area contributed by atoms with E-state index in [2.05, 4.69) is 38.4 Å². The van der Waals surface area contributed by atoms with Crippen LogP contribution >= 0.6 is 40.5 Å². The number of Topliss-reactive ketones (excluding diaryl/α,β-unsaturated/α-hetero) is 1. The second kappa shape index (κ2) is 10.1. The fourth-order valence-electron chi connectivity index (χ4n) is 2.99. The summed E-state index contributed by atoms with van der Waals surface area (Å²) in [4.78, 5) is 14.7. The SMILES string of the molecule is Cc1cc2cc(C(=O)/C(C#N)=C/N(C)C)n(SI)c2cc1NS(C)(C)CCCF. The van der Waals surface area contributed by atoms with Crippen LogP contribution in [-0.2, 0) is 0 Å². The van der Waals surface area contributed by atoms with Crippen molar-refractivity contribution in [2.45, 2.75) is 13.3 Å². The average molecular weight is 548 g/mol. The largest absolute Gasteiger partial charge is 0.382 e. The maximum Gasteiger partial charge on any atom is 0.222 e. The van der Waals surface area contributed by atoms with Gasteiger partial charge in [0.25, 0.3) is 0 Å². The number of anilines is 1. The number of alkyl halides is 1. The molecule has 0 aliphatic carbocycles. The molecule has 0 aliphatic rings. The van der Waals surface area contributed by atoms with Gasteiger partial charge in [0.15, 0.2) is 0 Å². The minimum atomic E-state index is -1.18. The summed E-state index contributed by atoms with van der Waals surface area (Å²) in [6.45, 7) is 1.72. The van der Waals surface area contributed by atoms with Crippen molar-refractivity contribution in [3.05, 3.63) is 41.2 Å². The van der Waals surface area contributed by atoms with Gasteiger partial charge in [0.2, 0.25) is 5.78 Å². The van der Waals surface area contributed by atoms with E-state index in [1.54, 1.807) is 19.0 Å². The molecule has 29 heavy (non-hydrogen) atoms. The van der Waals surface area contributed by atoms with E-state index in [0.29, 0.717) is 12.1 Å². The van der Waals surface area contributed by atoms with Gasteiger partial charge in [-0.15, -0.1) is 0 Å². The van der Waals surface area contributed by atoms with Crippen molar-refractivity contribution < 1.29 is 9.18 Å². The molecular formula is C20H26FIN4OS2. The number of nitrogens with one attached hydrogen (secondary N) is 1. The van der Waals surface area contributed by atoms with Crippen LogP contribution in [0.5, 0.6) is 0 Å². The molecule has 0 saturated carbocycles. The third kappa shape index (κ3) is 5.83. The number of halogens is 2.